The van der Waals surface area contributed by atoms with Crippen LogP contribution in [0.2, 0.25) is 0 Å². The van der Waals surface area contributed by atoms with Crippen LogP contribution >= 0.6 is 0 Å². The van der Waals surface area contributed by atoms with Gasteiger partial charge >= 0.3 is 5.97 Å². The highest BCUT2D eigenvalue weighted by atomic mass is 16.6. The number of hydrogen-bond donors (Lipinski definition) is 0. The molecule has 0 aromatic rings. The van der Waals surface area contributed by atoms with Crippen LogP contribution in [0.5, 0.6) is 0 Å². The zero-order valence-corrected chi connectivity index (χ0v) is 13.4. The first kappa shape index (κ1) is 15.5. The van der Waals surface area contributed by atoms with E-state index < -0.39 is 17.4 Å². The summed E-state index contributed by atoms with van der Waals surface area (Å²) in [6, 6.07) is 0. The van der Waals surface area contributed by atoms with Crippen molar-refractivity contribution in [2.75, 3.05) is 19.7 Å². The monoisotopic (exact) mass is 307 g/mol. The van der Waals surface area contributed by atoms with Gasteiger partial charge in [-0.1, -0.05) is 38.8 Å². The summed E-state index contributed by atoms with van der Waals surface area (Å²) in [4.78, 5) is 27.0. The molecule has 0 saturated carbocycles. The molecule has 0 radical (unpaired) electrons. The van der Waals surface area contributed by atoms with Crippen molar-refractivity contribution in [2.24, 2.45) is 11.8 Å². The number of carbonyl (C=O) groups is 2. The predicted molar refractivity (Wildman–Crippen MR) is 81.1 cm³/mol. The van der Waals surface area contributed by atoms with Crippen LogP contribution in [0.3, 0.4) is 0 Å². The fraction of sp³-hybridized carbons (Fsp3) is 0.765. The Hall–Kier alpha value is -1.36. The third-order valence-corrected chi connectivity index (χ3v) is 4.97. The minimum atomic E-state index is -0.593. The normalized spacial score (nSPS) is 35.3. The second-order valence-corrected chi connectivity index (χ2v) is 6.53. The molecule has 3 aliphatic rings. The smallest absolute Gasteiger partial charge is 0.312 e. The summed E-state index contributed by atoms with van der Waals surface area (Å²) in [7, 11) is 0. The average Bonchev–Trinajstić information content (AvgIpc) is 3.14. The second kappa shape index (κ2) is 6.03. The third kappa shape index (κ3) is 2.35. The number of likely N-dealkylation sites (tertiary alicyclic amines) is 1. The molecule has 0 unspecified atom stereocenters. The summed E-state index contributed by atoms with van der Waals surface area (Å²) in [6.45, 7) is 5.90. The van der Waals surface area contributed by atoms with Gasteiger partial charge in [-0.2, -0.15) is 0 Å². The van der Waals surface area contributed by atoms with Crippen LogP contribution in [0.15, 0.2) is 12.2 Å². The Balaban J connectivity index is 1.73. The van der Waals surface area contributed by atoms with E-state index in [4.69, 9.17) is 9.47 Å². The highest BCUT2D eigenvalue weighted by Gasteiger charge is 2.67. The van der Waals surface area contributed by atoms with Gasteiger partial charge in [-0.3, -0.25) is 9.59 Å². The first-order valence-electron chi connectivity index (χ1n) is 8.45. The number of fused-ring (bicyclic) bond motifs is 1. The molecule has 4 atom stereocenters. The van der Waals surface area contributed by atoms with Crippen molar-refractivity contribution in [1.29, 1.82) is 0 Å². The van der Waals surface area contributed by atoms with Gasteiger partial charge < -0.3 is 14.4 Å². The quantitative estimate of drug-likeness (QED) is 0.409. The molecule has 3 rings (SSSR count). The fourth-order valence-corrected chi connectivity index (χ4v) is 3.80. The van der Waals surface area contributed by atoms with Gasteiger partial charge in [0, 0.05) is 6.54 Å². The fourth-order valence-electron chi connectivity index (χ4n) is 3.80. The van der Waals surface area contributed by atoms with Crippen LogP contribution in [0, 0.1) is 11.8 Å². The maximum Gasteiger partial charge on any atom is 0.312 e. The van der Waals surface area contributed by atoms with Gasteiger partial charge in [0.2, 0.25) is 5.91 Å². The molecule has 0 aliphatic carbocycles. The third-order valence-electron chi connectivity index (χ3n) is 4.97. The first-order valence-corrected chi connectivity index (χ1v) is 8.45. The summed E-state index contributed by atoms with van der Waals surface area (Å²) < 4.78 is 11.4. The molecule has 1 amide bonds. The van der Waals surface area contributed by atoms with Gasteiger partial charge in [0.15, 0.2) is 0 Å². The van der Waals surface area contributed by atoms with E-state index in [1.54, 1.807) is 0 Å². The Kier molecular flexibility index (Phi) is 4.26. The number of esters is 1. The topological polar surface area (TPSA) is 55.8 Å². The van der Waals surface area contributed by atoms with E-state index >= 15 is 0 Å². The van der Waals surface area contributed by atoms with Gasteiger partial charge in [0.1, 0.15) is 11.5 Å². The number of unbranched alkanes of at least 4 members (excludes halogenated alkanes) is 2. The standard InChI is InChI=1S/C17H25NO4/c1-3-5-9-18-11-17-8-7-12(22-17)13(14(17)15(18)19)16(20)21-10-6-4-2/h7-8,12-14H,3-6,9-11H2,1-2H3/t12-,13-,14-,17+/m0/s1. The molecule has 1 spiro atoms. The SMILES string of the molecule is CCCCOC(=O)[C@H]1[C@@H]2C=C[C@]3(CN(CCCC)C(=O)[C@H]13)O2. The number of ether oxygens (including phenoxy) is 2. The largest absolute Gasteiger partial charge is 0.465 e. The molecule has 0 aromatic carbocycles. The maximum absolute atomic E-state index is 12.7. The maximum atomic E-state index is 12.7. The van der Waals surface area contributed by atoms with E-state index in [0.29, 0.717) is 13.2 Å². The number of nitrogens with zero attached hydrogens (tertiary/aromatic N) is 1. The molecule has 5 nitrogen and oxygen atoms in total. The van der Waals surface area contributed by atoms with E-state index in [2.05, 4.69) is 13.8 Å². The van der Waals surface area contributed by atoms with Gasteiger partial charge in [-0.25, -0.2) is 0 Å². The van der Waals surface area contributed by atoms with Crippen LogP contribution in [-0.4, -0.2) is 48.2 Å². The Labute approximate surface area is 131 Å². The summed E-state index contributed by atoms with van der Waals surface area (Å²) in [6.07, 6.45) is 7.48. The number of amides is 1. The average molecular weight is 307 g/mol. The lowest BCUT2D eigenvalue weighted by atomic mass is 9.77. The molecule has 22 heavy (non-hydrogen) atoms. The molecule has 5 heteroatoms. The molecule has 122 valence electrons. The van der Waals surface area contributed by atoms with E-state index in [-0.39, 0.29) is 18.0 Å². The van der Waals surface area contributed by atoms with Crippen LogP contribution < -0.4 is 0 Å². The summed E-state index contributed by atoms with van der Waals surface area (Å²) >= 11 is 0. The van der Waals surface area contributed by atoms with Crippen molar-refractivity contribution in [3.8, 4) is 0 Å². The van der Waals surface area contributed by atoms with Gasteiger partial charge in [0.25, 0.3) is 0 Å². The van der Waals surface area contributed by atoms with Crippen LogP contribution in [-0.2, 0) is 19.1 Å². The summed E-state index contributed by atoms with van der Waals surface area (Å²) in [5, 5.41) is 0. The molecule has 0 N–H and O–H groups in total. The minimum Gasteiger partial charge on any atom is -0.465 e. The highest BCUT2D eigenvalue weighted by molar-refractivity contribution is 5.91. The second-order valence-electron chi connectivity index (χ2n) is 6.53. The van der Waals surface area contributed by atoms with Crippen molar-refractivity contribution < 1.29 is 19.1 Å². The van der Waals surface area contributed by atoms with Crippen LogP contribution in [0.1, 0.15) is 39.5 Å². The Morgan fingerprint density at radius 3 is 2.91 bits per heavy atom. The first-order chi connectivity index (χ1) is 10.6. The Morgan fingerprint density at radius 1 is 1.41 bits per heavy atom. The Bertz CT molecular complexity index is 489. The minimum absolute atomic E-state index is 0.0535. The molecular formula is C17H25NO4. The van der Waals surface area contributed by atoms with E-state index in [1.165, 1.54) is 0 Å². The van der Waals surface area contributed by atoms with Crippen molar-refractivity contribution in [3.05, 3.63) is 12.2 Å². The van der Waals surface area contributed by atoms with E-state index in [0.717, 1.165) is 32.2 Å². The molecule has 2 saturated heterocycles. The lowest BCUT2D eigenvalue weighted by Gasteiger charge is -2.22. The van der Waals surface area contributed by atoms with Crippen molar-refractivity contribution in [2.45, 2.75) is 51.2 Å². The molecule has 0 aromatic heterocycles. The van der Waals surface area contributed by atoms with Gasteiger partial charge in [-0.15, -0.1) is 0 Å². The molecule has 2 bridgehead atoms. The van der Waals surface area contributed by atoms with Crippen LogP contribution in [0.4, 0.5) is 0 Å². The van der Waals surface area contributed by atoms with E-state index in [1.807, 2.05) is 17.1 Å². The zero-order valence-electron chi connectivity index (χ0n) is 13.4. The number of rotatable bonds is 7. The van der Waals surface area contributed by atoms with Crippen molar-refractivity contribution >= 4 is 11.9 Å². The number of hydrogen-bond acceptors (Lipinski definition) is 4. The van der Waals surface area contributed by atoms with Crippen molar-refractivity contribution in [1.82, 2.24) is 4.90 Å². The molecule has 3 aliphatic heterocycles. The summed E-state index contributed by atoms with van der Waals surface area (Å²) in [5.74, 6) is -1.09. The lowest BCUT2D eigenvalue weighted by Crippen LogP contribution is -2.40. The van der Waals surface area contributed by atoms with Crippen molar-refractivity contribution in [3.63, 3.8) is 0 Å². The van der Waals surface area contributed by atoms with Gasteiger partial charge in [0.05, 0.1) is 25.2 Å². The lowest BCUT2D eigenvalue weighted by molar-refractivity contribution is -0.153. The number of carbonyl (C=O) groups excluding carboxylic acids is 2. The Morgan fingerprint density at radius 2 is 2.18 bits per heavy atom. The summed E-state index contributed by atoms with van der Waals surface area (Å²) in [5.41, 5.74) is -0.593. The highest BCUT2D eigenvalue weighted by Crippen LogP contribution is 2.52. The van der Waals surface area contributed by atoms with E-state index in [9.17, 15) is 9.59 Å². The predicted octanol–water partition coefficient (Wildman–Crippen LogP) is 1.91. The van der Waals surface area contributed by atoms with Crippen LogP contribution in [0.25, 0.3) is 0 Å². The molecular weight excluding hydrogens is 282 g/mol. The molecule has 2 fully saturated rings. The van der Waals surface area contributed by atoms with Gasteiger partial charge in [-0.05, 0) is 12.8 Å². The molecule has 3 heterocycles. The zero-order chi connectivity index (χ0) is 15.7.